The zero-order valence-electron chi connectivity index (χ0n) is 24.6. The van der Waals surface area contributed by atoms with Crippen molar-refractivity contribution >= 4 is 43.3 Å². The van der Waals surface area contributed by atoms with E-state index in [0.29, 0.717) is 0 Å². The molecular formula is C29H47IN4O4. The van der Waals surface area contributed by atoms with E-state index in [1.165, 1.54) is 6.92 Å². The molecule has 0 fully saturated rings. The number of carboxylic acids is 1. The molecule has 1 aromatic carbocycles. The molecule has 0 aliphatic heterocycles. The number of likely N-dealkylation sites (N-methyl/N-ethyl adjacent to an activating group) is 2. The highest BCUT2D eigenvalue weighted by atomic mass is 127. The van der Waals surface area contributed by atoms with Crippen molar-refractivity contribution in [1.82, 2.24) is 19.1 Å². The molecule has 8 nitrogen and oxygen atoms in total. The van der Waals surface area contributed by atoms with Crippen LogP contribution in [-0.2, 0) is 26.3 Å². The van der Waals surface area contributed by atoms with Gasteiger partial charge in [0.2, 0.25) is 11.8 Å². The Morgan fingerprint density at radius 2 is 1.74 bits per heavy atom. The summed E-state index contributed by atoms with van der Waals surface area (Å²) >= 11 is -0.281. The van der Waals surface area contributed by atoms with E-state index in [1.54, 1.807) is 25.1 Å². The standard InChI is InChI=1S/C29H47IN4O4/c1-18(2)22(15-19(3)27(37)38)34(11)26(36)24(28(4,5)6)33-25(35)23(31-10)29(7,8)21-14-12-13-20(16-21)17-32-30-9/h12-16,18,22-24,31-32H,9,17H2,1-8,10-11H3,(H,33,35)(H,37,38)/b19-15+/t22-,23?,24-/m1/s1. The molecule has 0 aliphatic carbocycles. The molecule has 1 unspecified atom stereocenters. The molecule has 214 valence electrons. The Morgan fingerprint density at radius 3 is 2.21 bits per heavy atom. The smallest absolute Gasteiger partial charge is 0.331 e. The summed E-state index contributed by atoms with van der Waals surface area (Å²) in [5.74, 6) is -1.59. The summed E-state index contributed by atoms with van der Waals surface area (Å²) in [6.07, 6.45) is 1.60. The zero-order valence-corrected chi connectivity index (χ0v) is 26.8. The van der Waals surface area contributed by atoms with Gasteiger partial charge in [0.05, 0.1) is 12.1 Å². The summed E-state index contributed by atoms with van der Waals surface area (Å²) in [6.45, 7) is 15.9. The van der Waals surface area contributed by atoms with E-state index in [4.69, 9.17) is 0 Å². The van der Waals surface area contributed by atoms with E-state index in [9.17, 15) is 19.5 Å². The minimum absolute atomic E-state index is 0.0223. The van der Waals surface area contributed by atoms with Crippen LogP contribution < -0.4 is 14.2 Å². The van der Waals surface area contributed by atoms with Crippen LogP contribution in [0, 0.1) is 11.3 Å². The number of halogens is 1. The van der Waals surface area contributed by atoms with Crippen molar-refractivity contribution in [3.05, 3.63) is 47.0 Å². The van der Waals surface area contributed by atoms with Crippen LogP contribution in [0.1, 0.15) is 66.5 Å². The van der Waals surface area contributed by atoms with Crippen molar-refractivity contribution in [2.45, 2.75) is 85.5 Å². The monoisotopic (exact) mass is 642 g/mol. The maximum absolute atomic E-state index is 13.8. The second kappa shape index (κ2) is 14.3. The number of hydrogen-bond acceptors (Lipinski definition) is 5. The number of carboxylic acid groups (broad SMARTS) is 1. The van der Waals surface area contributed by atoms with Gasteiger partial charge in [0, 0.05) is 24.6 Å². The number of benzene rings is 1. The fourth-order valence-corrected chi connectivity index (χ4v) is 5.21. The molecule has 1 aromatic rings. The van der Waals surface area contributed by atoms with Gasteiger partial charge in [0.1, 0.15) is 6.04 Å². The zero-order chi connectivity index (χ0) is 29.4. The Labute approximate surface area is 239 Å². The van der Waals surface area contributed by atoms with Gasteiger partial charge in [-0.25, -0.2) is 4.79 Å². The predicted octanol–water partition coefficient (Wildman–Crippen LogP) is 4.00. The van der Waals surface area contributed by atoms with Crippen molar-refractivity contribution < 1.29 is 19.5 Å². The van der Waals surface area contributed by atoms with Crippen LogP contribution in [0.25, 0.3) is 0 Å². The first-order valence-corrected chi connectivity index (χ1v) is 15.4. The van der Waals surface area contributed by atoms with Gasteiger partial charge in [-0.2, -0.15) is 0 Å². The van der Waals surface area contributed by atoms with E-state index in [1.807, 2.05) is 60.6 Å². The molecular weight excluding hydrogens is 595 g/mol. The van der Waals surface area contributed by atoms with Gasteiger partial charge in [-0.1, -0.05) is 83.3 Å². The van der Waals surface area contributed by atoms with Gasteiger partial charge in [-0.05, 0) is 57.4 Å². The van der Waals surface area contributed by atoms with Crippen LogP contribution in [0.2, 0.25) is 0 Å². The maximum atomic E-state index is 13.8. The Hall–Kier alpha value is -2.11. The lowest BCUT2D eigenvalue weighted by Gasteiger charge is -2.40. The van der Waals surface area contributed by atoms with Crippen LogP contribution in [0.4, 0.5) is 0 Å². The lowest BCUT2D eigenvalue weighted by Crippen LogP contribution is -2.61. The molecule has 2 amide bonds. The SMILES string of the molecule is C=INCc1cccc(C(C)(C)C(NC)C(=O)N[C@H](C(=O)N(C)[C@H](/C=C(\C)C(=O)O)C(C)C)C(C)(C)C)c1. The average Bonchev–Trinajstić information content (AvgIpc) is 2.82. The molecule has 0 bridgehead atoms. The molecule has 0 saturated carbocycles. The molecule has 0 heterocycles. The van der Waals surface area contributed by atoms with Gasteiger partial charge in [0.15, 0.2) is 0 Å². The first-order chi connectivity index (χ1) is 17.5. The number of nitrogens with one attached hydrogen (secondary N) is 3. The number of amides is 2. The molecule has 0 aliphatic rings. The highest BCUT2D eigenvalue weighted by molar-refractivity contribution is 14.2. The van der Waals surface area contributed by atoms with E-state index in [-0.39, 0.29) is 44.3 Å². The van der Waals surface area contributed by atoms with Gasteiger partial charge in [-0.15, -0.1) is 0 Å². The van der Waals surface area contributed by atoms with Crippen LogP contribution in [0.3, 0.4) is 0 Å². The van der Waals surface area contributed by atoms with Crippen LogP contribution in [0.5, 0.6) is 0 Å². The molecule has 38 heavy (non-hydrogen) atoms. The predicted molar refractivity (Wildman–Crippen MR) is 164 cm³/mol. The first kappa shape index (κ1) is 33.9. The minimum Gasteiger partial charge on any atom is -0.478 e. The summed E-state index contributed by atoms with van der Waals surface area (Å²) in [6, 6.07) is 6.31. The van der Waals surface area contributed by atoms with Gasteiger partial charge in [-0.3, -0.25) is 13.1 Å². The minimum atomic E-state index is -1.02. The second-order valence-electron chi connectivity index (χ2n) is 11.7. The van der Waals surface area contributed by atoms with Crippen molar-refractivity contribution in [3.8, 4) is 0 Å². The van der Waals surface area contributed by atoms with Crippen LogP contribution in [-0.4, -0.2) is 64.5 Å². The van der Waals surface area contributed by atoms with E-state index >= 15 is 0 Å². The molecule has 0 radical (unpaired) electrons. The molecule has 0 spiro atoms. The van der Waals surface area contributed by atoms with Crippen molar-refractivity contribution in [1.29, 1.82) is 0 Å². The summed E-state index contributed by atoms with van der Waals surface area (Å²) in [4.78, 5) is 40.5. The number of carbonyl (C=O) groups is 3. The molecule has 0 saturated heterocycles. The summed E-state index contributed by atoms with van der Waals surface area (Å²) in [7, 11) is 3.41. The lowest BCUT2D eigenvalue weighted by molar-refractivity contribution is -0.141. The fourth-order valence-electron chi connectivity index (χ4n) is 4.50. The van der Waals surface area contributed by atoms with Crippen molar-refractivity contribution in [2.24, 2.45) is 11.3 Å². The largest absolute Gasteiger partial charge is 0.478 e. The van der Waals surface area contributed by atoms with Crippen LogP contribution in [0.15, 0.2) is 35.9 Å². The second-order valence-corrected chi connectivity index (χ2v) is 13.3. The normalized spacial score (nSPS) is 15.1. The molecule has 9 heteroatoms. The van der Waals surface area contributed by atoms with Gasteiger partial charge < -0.3 is 20.6 Å². The van der Waals surface area contributed by atoms with Crippen molar-refractivity contribution in [3.63, 3.8) is 0 Å². The Balaban J connectivity index is 3.33. The third-order valence-corrected chi connectivity index (χ3v) is 7.87. The topological polar surface area (TPSA) is 111 Å². The van der Waals surface area contributed by atoms with E-state index in [0.717, 1.165) is 17.7 Å². The average molecular weight is 643 g/mol. The highest BCUT2D eigenvalue weighted by Crippen LogP contribution is 2.30. The van der Waals surface area contributed by atoms with Crippen molar-refractivity contribution in [2.75, 3.05) is 14.1 Å². The summed E-state index contributed by atoms with van der Waals surface area (Å²) < 4.78 is 7.26. The van der Waals surface area contributed by atoms with E-state index < -0.39 is 34.9 Å². The number of rotatable bonds is 13. The molecule has 1 rings (SSSR count). The van der Waals surface area contributed by atoms with Gasteiger partial charge in [0.25, 0.3) is 0 Å². The number of carbonyl (C=O) groups excluding carboxylic acids is 2. The Morgan fingerprint density at radius 1 is 1.13 bits per heavy atom. The van der Waals surface area contributed by atoms with Gasteiger partial charge >= 0.3 is 5.97 Å². The quantitative estimate of drug-likeness (QED) is 0.147. The summed E-state index contributed by atoms with van der Waals surface area (Å²) in [5, 5.41) is 15.6. The molecule has 3 atom stereocenters. The van der Waals surface area contributed by atoms with E-state index in [2.05, 4.69) is 30.8 Å². The number of nitrogens with zero attached hydrogens (tertiary/aromatic N) is 1. The Bertz CT molecular complexity index is 1030. The first-order valence-electron chi connectivity index (χ1n) is 12.8. The molecule has 4 N–H and O–H groups in total. The summed E-state index contributed by atoms with van der Waals surface area (Å²) in [5.41, 5.74) is 1.15. The third kappa shape index (κ3) is 8.98. The maximum Gasteiger partial charge on any atom is 0.331 e. The van der Waals surface area contributed by atoms with Crippen LogP contribution >= 0.6 is 21.0 Å². The number of hydrogen-bond donors (Lipinski definition) is 4. The lowest BCUT2D eigenvalue weighted by atomic mass is 9.76. The fraction of sp³-hybridized carbons (Fsp3) is 0.586. The number of aliphatic carboxylic acids is 1. The Kier molecular flexibility index (Phi) is 12.8. The molecule has 0 aromatic heterocycles. The third-order valence-electron chi connectivity index (χ3n) is 6.94. The highest BCUT2D eigenvalue weighted by Gasteiger charge is 2.41.